The summed E-state index contributed by atoms with van der Waals surface area (Å²) in [6, 6.07) is 0. The molecule has 0 aliphatic heterocycles. The third kappa shape index (κ3) is 6.77. The molecule has 0 aromatic heterocycles. The summed E-state index contributed by atoms with van der Waals surface area (Å²) >= 11 is 0. The summed E-state index contributed by atoms with van der Waals surface area (Å²) in [7, 11) is 0. The normalized spacial score (nSPS) is 26.5. The highest BCUT2D eigenvalue weighted by Gasteiger charge is 2.33. The van der Waals surface area contributed by atoms with Crippen molar-refractivity contribution in [3.63, 3.8) is 0 Å². The van der Waals surface area contributed by atoms with Crippen LogP contribution < -0.4 is 0 Å². The zero-order chi connectivity index (χ0) is 16.8. The first kappa shape index (κ1) is 18.9. The van der Waals surface area contributed by atoms with Crippen LogP contribution in [0.4, 0.5) is 0 Å². The fourth-order valence-electron chi connectivity index (χ4n) is 2.92. The van der Waals surface area contributed by atoms with Gasteiger partial charge in [-0.15, -0.1) is 0 Å². The number of carbonyl (C=O) groups excluding carboxylic acids is 2. The monoisotopic (exact) mass is 314 g/mol. The quantitative estimate of drug-likeness (QED) is 0.676. The van der Waals surface area contributed by atoms with Crippen molar-refractivity contribution < 1.29 is 23.8 Å². The van der Waals surface area contributed by atoms with Gasteiger partial charge in [0.05, 0.1) is 12.2 Å². The Morgan fingerprint density at radius 2 is 1.68 bits per heavy atom. The zero-order valence-electron chi connectivity index (χ0n) is 14.5. The molecule has 0 spiro atoms. The first-order valence-electron chi connectivity index (χ1n) is 8.16. The SMILES string of the molecule is CC(=O)OCC(COC1(C)CCC(C(C)C)CC1)OC(C)=O. The van der Waals surface area contributed by atoms with E-state index in [1.54, 1.807) is 0 Å². The van der Waals surface area contributed by atoms with Crippen molar-refractivity contribution in [1.29, 1.82) is 0 Å². The van der Waals surface area contributed by atoms with Gasteiger partial charge in [0.15, 0.2) is 6.10 Å². The zero-order valence-corrected chi connectivity index (χ0v) is 14.5. The molecule has 0 amide bonds. The maximum Gasteiger partial charge on any atom is 0.303 e. The van der Waals surface area contributed by atoms with Crippen molar-refractivity contribution in [2.24, 2.45) is 11.8 Å². The Kier molecular flexibility index (Phi) is 7.33. The molecule has 1 aliphatic rings. The van der Waals surface area contributed by atoms with Gasteiger partial charge in [-0.2, -0.15) is 0 Å². The molecule has 1 saturated carbocycles. The molecular weight excluding hydrogens is 284 g/mol. The Labute approximate surface area is 133 Å². The number of hydrogen-bond acceptors (Lipinski definition) is 5. The molecule has 1 aliphatic carbocycles. The van der Waals surface area contributed by atoms with Gasteiger partial charge in [-0.05, 0) is 44.4 Å². The summed E-state index contributed by atoms with van der Waals surface area (Å²) in [6.45, 7) is 9.63. The fourth-order valence-corrected chi connectivity index (χ4v) is 2.92. The maximum absolute atomic E-state index is 11.1. The van der Waals surface area contributed by atoms with Crippen LogP contribution >= 0.6 is 0 Å². The summed E-state index contributed by atoms with van der Waals surface area (Å²) in [4.78, 5) is 22.0. The summed E-state index contributed by atoms with van der Waals surface area (Å²) in [6.07, 6.45) is 3.81. The van der Waals surface area contributed by atoms with E-state index in [4.69, 9.17) is 14.2 Å². The van der Waals surface area contributed by atoms with Crippen molar-refractivity contribution >= 4 is 11.9 Å². The van der Waals surface area contributed by atoms with Crippen LogP contribution in [0.1, 0.15) is 60.3 Å². The second-order valence-corrected chi connectivity index (χ2v) is 6.88. The molecule has 1 rings (SSSR count). The van der Waals surface area contributed by atoms with Gasteiger partial charge in [0.2, 0.25) is 0 Å². The highest BCUT2D eigenvalue weighted by molar-refractivity contribution is 5.67. The van der Waals surface area contributed by atoms with Gasteiger partial charge in [-0.1, -0.05) is 13.8 Å². The van der Waals surface area contributed by atoms with Crippen LogP contribution in [0, 0.1) is 11.8 Å². The van der Waals surface area contributed by atoms with Crippen molar-refractivity contribution in [2.75, 3.05) is 13.2 Å². The topological polar surface area (TPSA) is 61.8 Å². The van der Waals surface area contributed by atoms with E-state index in [9.17, 15) is 9.59 Å². The number of carbonyl (C=O) groups is 2. The van der Waals surface area contributed by atoms with Crippen LogP contribution in [0.25, 0.3) is 0 Å². The smallest absolute Gasteiger partial charge is 0.303 e. The van der Waals surface area contributed by atoms with Crippen LogP contribution in [0.5, 0.6) is 0 Å². The highest BCUT2D eigenvalue weighted by Crippen LogP contribution is 2.37. The molecule has 0 radical (unpaired) electrons. The fraction of sp³-hybridized carbons (Fsp3) is 0.882. The third-order valence-electron chi connectivity index (χ3n) is 4.45. The van der Waals surface area contributed by atoms with Crippen LogP contribution in [-0.2, 0) is 23.8 Å². The number of hydrogen-bond donors (Lipinski definition) is 0. The summed E-state index contributed by atoms with van der Waals surface area (Å²) in [5, 5.41) is 0. The third-order valence-corrected chi connectivity index (χ3v) is 4.45. The molecule has 22 heavy (non-hydrogen) atoms. The summed E-state index contributed by atoms with van der Waals surface area (Å²) in [5.74, 6) is 0.694. The molecule has 0 aromatic carbocycles. The number of ether oxygens (including phenoxy) is 3. The van der Waals surface area contributed by atoms with E-state index < -0.39 is 12.1 Å². The molecule has 0 heterocycles. The average molecular weight is 314 g/mol. The van der Waals surface area contributed by atoms with Crippen molar-refractivity contribution in [3.05, 3.63) is 0 Å². The van der Waals surface area contributed by atoms with Gasteiger partial charge in [0.25, 0.3) is 0 Å². The minimum Gasteiger partial charge on any atom is -0.462 e. The van der Waals surface area contributed by atoms with Gasteiger partial charge < -0.3 is 14.2 Å². The lowest BCUT2D eigenvalue weighted by molar-refractivity contribution is -0.166. The van der Waals surface area contributed by atoms with Crippen molar-refractivity contribution in [2.45, 2.75) is 72.0 Å². The van der Waals surface area contributed by atoms with Crippen molar-refractivity contribution in [1.82, 2.24) is 0 Å². The highest BCUT2D eigenvalue weighted by atomic mass is 16.6. The minimum absolute atomic E-state index is 0.0413. The Bertz CT molecular complexity index is 369. The van der Waals surface area contributed by atoms with E-state index in [0.29, 0.717) is 5.92 Å². The lowest BCUT2D eigenvalue weighted by Crippen LogP contribution is -2.39. The van der Waals surface area contributed by atoms with E-state index in [1.807, 2.05) is 0 Å². The molecule has 5 nitrogen and oxygen atoms in total. The van der Waals surface area contributed by atoms with Crippen LogP contribution in [0.2, 0.25) is 0 Å². The van der Waals surface area contributed by atoms with E-state index in [1.165, 1.54) is 13.8 Å². The Morgan fingerprint density at radius 3 is 2.14 bits per heavy atom. The van der Waals surface area contributed by atoms with Gasteiger partial charge in [0, 0.05) is 13.8 Å². The molecule has 0 bridgehead atoms. The molecule has 128 valence electrons. The predicted octanol–water partition coefficient (Wildman–Crippen LogP) is 3.10. The number of rotatable bonds is 7. The predicted molar refractivity (Wildman–Crippen MR) is 83.3 cm³/mol. The average Bonchev–Trinajstić information content (AvgIpc) is 2.42. The van der Waals surface area contributed by atoms with Gasteiger partial charge in [-0.3, -0.25) is 9.59 Å². The first-order valence-corrected chi connectivity index (χ1v) is 8.16. The van der Waals surface area contributed by atoms with Crippen LogP contribution in [0.3, 0.4) is 0 Å². The van der Waals surface area contributed by atoms with Gasteiger partial charge in [0.1, 0.15) is 6.61 Å². The van der Waals surface area contributed by atoms with Crippen LogP contribution in [-0.4, -0.2) is 36.9 Å². The maximum atomic E-state index is 11.1. The molecule has 0 saturated heterocycles. The molecular formula is C17H30O5. The van der Waals surface area contributed by atoms with E-state index in [0.717, 1.165) is 31.6 Å². The second kappa shape index (κ2) is 8.51. The Hall–Kier alpha value is -1.10. The van der Waals surface area contributed by atoms with E-state index in [-0.39, 0.29) is 24.8 Å². The molecule has 5 heteroatoms. The van der Waals surface area contributed by atoms with E-state index in [2.05, 4.69) is 20.8 Å². The lowest BCUT2D eigenvalue weighted by Gasteiger charge is -2.39. The standard InChI is InChI=1S/C17H30O5/c1-12(2)15-6-8-17(5,9-7-15)21-11-16(22-14(4)19)10-20-13(3)18/h12,15-16H,6-11H2,1-5H3. The number of esters is 2. The largest absolute Gasteiger partial charge is 0.462 e. The summed E-state index contributed by atoms with van der Waals surface area (Å²) in [5.41, 5.74) is -0.181. The lowest BCUT2D eigenvalue weighted by atomic mass is 9.75. The Balaban J connectivity index is 2.45. The molecule has 0 aromatic rings. The first-order chi connectivity index (χ1) is 10.2. The van der Waals surface area contributed by atoms with Crippen LogP contribution in [0.15, 0.2) is 0 Å². The minimum atomic E-state index is -0.541. The second-order valence-electron chi connectivity index (χ2n) is 6.88. The molecule has 0 N–H and O–H groups in total. The van der Waals surface area contributed by atoms with E-state index >= 15 is 0 Å². The van der Waals surface area contributed by atoms with Gasteiger partial charge >= 0.3 is 11.9 Å². The van der Waals surface area contributed by atoms with Crippen molar-refractivity contribution in [3.8, 4) is 0 Å². The summed E-state index contributed by atoms with van der Waals surface area (Å²) < 4.78 is 16.1. The molecule has 1 atom stereocenters. The Morgan fingerprint density at radius 1 is 1.09 bits per heavy atom. The molecule has 1 fully saturated rings. The van der Waals surface area contributed by atoms with Gasteiger partial charge in [-0.25, -0.2) is 0 Å². The molecule has 1 unspecified atom stereocenters.